The zero-order valence-electron chi connectivity index (χ0n) is 11.5. The summed E-state index contributed by atoms with van der Waals surface area (Å²) in [6.07, 6.45) is -0.686. The van der Waals surface area contributed by atoms with Crippen molar-refractivity contribution < 1.29 is 23.9 Å². The molecule has 0 saturated heterocycles. The number of amides is 1. The predicted molar refractivity (Wildman–Crippen MR) is 72.3 cm³/mol. The van der Waals surface area contributed by atoms with Crippen LogP contribution in [0, 0.1) is 5.82 Å². The van der Waals surface area contributed by atoms with Crippen molar-refractivity contribution in [3.63, 3.8) is 0 Å². The number of carbonyl (C=O) groups excluding carboxylic acids is 1. The number of carboxylic acid groups (broad SMARTS) is 1. The van der Waals surface area contributed by atoms with Gasteiger partial charge in [-0.25, -0.2) is 4.39 Å². The Hall–Kier alpha value is -2.44. The molecule has 21 heavy (non-hydrogen) atoms. The van der Waals surface area contributed by atoms with Crippen LogP contribution in [0.3, 0.4) is 0 Å². The summed E-state index contributed by atoms with van der Waals surface area (Å²) in [4.78, 5) is 28.9. The lowest BCUT2D eigenvalue weighted by molar-refractivity contribution is -0.142. The van der Waals surface area contributed by atoms with Crippen molar-refractivity contribution in [1.29, 1.82) is 0 Å². The van der Waals surface area contributed by atoms with E-state index < -0.39 is 12.1 Å². The van der Waals surface area contributed by atoms with Gasteiger partial charge in [0.2, 0.25) is 6.10 Å². The molecule has 0 aliphatic carbocycles. The molecule has 1 heterocycles. The lowest BCUT2D eigenvalue weighted by atomic mass is 10.0. The van der Waals surface area contributed by atoms with Gasteiger partial charge in [0.15, 0.2) is 0 Å². The Morgan fingerprint density at radius 2 is 2.29 bits per heavy atom. The van der Waals surface area contributed by atoms with E-state index in [0.717, 1.165) is 0 Å². The molecule has 0 saturated carbocycles. The molecule has 1 amide bonds. The average molecular weight is 294 g/mol. The molecule has 1 aliphatic rings. The summed E-state index contributed by atoms with van der Waals surface area (Å²) in [5.74, 6) is -1.70. The van der Waals surface area contributed by atoms with Crippen molar-refractivity contribution in [3.8, 4) is 0 Å². The maximum absolute atomic E-state index is 13.2. The first-order chi connectivity index (χ1) is 9.97. The quantitative estimate of drug-likeness (QED) is 0.886. The van der Waals surface area contributed by atoms with Crippen molar-refractivity contribution in [3.05, 3.63) is 35.6 Å². The summed E-state index contributed by atoms with van der Waals surface area (Å²) in [5.41, 5.74) is 1.07. The number of halogens is 1. The van der Waals surface area contributed by atoms with Crippen LogP contribution >= 0.6 is 0 Å². The number of aliphatic carboxylic acids is 1. The Morgan fingerprint density at radius 1 is 1.52 bits per heavy atom. The van der Waals surface area contributed by atoms with Gasteiger partial charge in [-0.05, 0) is 12.1 Å². The van der Waals surface area contributed by atoms with Crippen molar-refractivity contribution >= 4 is 17.6 Å². The van der Waals surface area contributed by atoms with Gasteiger partial charge < -0.3 is 14.8 Å². The maximum Gasteiger partial charge on any atom is 0.305 e. The van der Waals surface area contributed by atoms with Crippen molar-refractivity contribution in [2.75, 3.05) is 13.6 Å². The fourth-order valence-electron chi connectivity index (χ4n) is 1.97. The molecule has 1 atom stereocenters. The normalized spacial score (nSPS) is 17.0. The number of hydrogen-bond donors (Lipinski definition) is 1. The van der Waals surface area contributed by atoms with Crippen LogP contribution < -0.4 is 0 Å². The number of benzene rings is 1. The van der Waals surface area contributed by atoms with Crippen LogP contribution in [-0.2, 0) is 14.4 Å². The molecule has 7 heteroatoms. The highest BCUT2D eigenvalue weighted by molar-refractivity contribution is 6.04. The Bertz CT molecular complexity index is 588. The summed E-state index contributed by atoms with van der Waals surface area (Å²) < 4.78 is 13.2. The monoisotopic (exact) mass is 294 g/mol. The first kappa shape index (κ1) is 15.0. The van der Waals surface area contributed by atoms with Crippen molar-refractivity contribution in [1.82, 2.24) is 4.90 Å². The molecule has 1 N–H and O–H groups in total. The van der Waals surface area contributed by atoms with Gasteiger partial charge in [-0.3, -0.25) is 9.59 Å². The minimum atomic E-state index is -0.973. The number of hydrogen-bond acceptors (Lipinski definition) is 4. The van der Waals surface area contributed by atoms with Crippen molar-refractivity contribution in [2.45, 2.75) is 18.9 Å². The largest absolute Gasteiger partial charge is 0.481 e. The van der Waals surface area contributed by atoms with E-state index in [4.69, 9.17) is 9.94 Å². The van der Waals surface area contributed by atoms with Gasteiger partial charge in [0.25, 0.3) is 5.91 Å². The Balaban J connectivity index is 1.94. The van der Waals surface area contributed by atoms with Crippen LogP contribution in [0.2, 0.25) is 0 Å². The van der Waals surface area contributed by atoms with Crippen LogP contribution in [-0.4, -0.2) is 47.3 Å². The summed E-state index contributed by atoms with van der Waals surface area (Å²) in [6.45, 7) is 0.101. The van der Waals surface area contributed by atoms with Gasteiger partial charge >= 0.3 is 5.97 Å². The summed E-state index contributed by atoms with van der Waals surface area (Å²) in [7, 11) is 1.51. The number of nitrogens with zero attached hydrogens (tertiary/aromatic N) is 2. The molecular formula is C14H15FN2O4. The molecule has 0 bridgehead atoms. The van der Waals surface area contributed by atoms with Crippen LogP contribution in [0.25, 0.3) is 0 Å². The molecule has 0 spiro atoms. The highest BCUT2D eigenvalue weighted by Gasteiger charge is 2.31. The molecule has 0 aromatic heterocycles. The van der Waals surface area contributed by atoms with Crippen LogP contribution in [0.1, 0.15) is 18.4 Å². The molecule has 112 valence electrons. The van der Waals surface area contributed by atoms with E-state index in [-0.39, 0.29) is 31.1 Å². The number of carboxylic acids is 1. The zero-order chi connectivity index (χ0) is 15.4. The van der Waals surface area contributed by atoms with E-state index in [2.05, 4.69) is 5.16 Å². The number of rotatable bonds is 5. The molecule has 0 fully saturated rings. The molecular weight excluding hydrogens is 279 g/mol. The average Bonchev–Trinajstić information content (AvgIpc) is 2.93. The van der Waals surface area contributed by atoms with Crippen LogP contribution in [0.15, 0.2) is 29.4 Å². The number of oxime groups is 1. The van der Waals surface area contributed by atoms with E-state index in [1.165, 1.54) is 24.1 Å². The van der Waals surface area contributed by atoms with E-state index >= 15 is 0 Å². The Kier molecular flexibility index (Phi) is 4.52. The lowest BCUT2D eigenvalue weighted by Crippen LogP contribution is -2.37. The lowest BCUT2D eigenvalue weighted by Gasteiger charge is -2.18. The molecule has 1 unspecified atom stereocenters. The second-order valence-electron chi connectivity index (χ2n) is 4.75. The predicted octanol–water partition coefficient (Wildman–Crippen LogP) is 1.25. The van der Waals surface area contributed by atoms with E-state index in [1.807, 2.05) is 0 Å². The number of likely N-dealkylation sites (N-methyl/N-ethyl adjacent to an activating group) is 1. The van der Waals surface area contributed by atoms with Gasteiger partial charge in [-0.1, -0.05) is 17.3 Å². The van der Waals surface area contributed by atoms with E-state index in [0.29, 0.717) is 11.3 Å². The second kappa shape index (κ2) is 6.34. The van der Waals surface area contributed by atoms with Gasteiger partial charge in [0.05, 0.1) is 12.1 Å². The SMILES string of the molecule is CN(CCC(=O)O)C(=O)C1CC(c2cccc(F)c2)=NO1. The molecule has 2 rings (SSSR count). The topological polar surface area (TPSA) is 79.2 Å². The molecule has 6 nitrogen and oxygen atoms in total. The maximum atomic E-state index is 13.2. The second-order valence-corrected chi connectivity index (χ2v) is 4.75. The van der Waals surface area contributed by atoms with Crippen molar-refractivity contribution in [2.24, 2.45) is 5.16 Å². The zero-order valence-corrected chi connectivity index (χ0v) is 11.5. The van der Waals surface area contributed by atoms with Gasteiger partial charge in [0.1, 0.15) is 5.82 Å². The summed E-state index contributed by atoms with van der Waals surface area (Å²) in [5, 5.41) is 12.4. The first-order valence-corrected chi connectivity index (χ1v) is 6.43. The summed E-state index contributed by atoms with van der Waals surface area (Å²) in [6, 6.07) is 5.89. The Labute approximate surface area is 120 Å². The molecule has 1 aromatic carbocycles. The third-order valence-electron chi connectivity index (χ3n) is 3.14. The van der Waals surface area contributed by atoms with Gasteiger partial charge in [-0.2, -0.15) is 0 Å². The highest BCUT2D eigenvalue weighted by Crippen LogP contribution is 2.18. The standard InChI is InChI=1S/C14H15FN2O4/c1-17(6-5-13(18)19)14(20)12-8-11(16-21-12)9-3-2-4-10(15)7-9/h2-4,7,12H,5-6,8H2,1H3,(H,18,19). The van der Waals surface area contributed by atoms with Crippen LogP contribution in [0.4, 0.5) is 4.39 Å². The summed E-state index contributed by atoms with van der Waals surface area (Å²) >= 11 is 0. The van der Waals surface area contributed by atoms with Gasteiger partial charge in [-0.15, -0.1) is 0 Å². The van der Waals surface area contributed by atoms with E-state index in [1.54, 1.807) is 12.1 Å². The third-order valence-corrected chi connectivity index (χ3v) is 3.14. The van der Waals surface area contributed by atoms with Crippen LogP contribution in [0.5, 0.6) is 0 Å². The number of carbonyl (C=O) groups is 2. The minimum Gasteiger partial charge on any atom is -0.481 e. The highest BCUT2D eigenvalue weighted by atomic mass is 19.1. The molecule has 1 aliphatic heterocycles. The first-order valence-electron chi connectivity index (χ1n) is 6.43. The fraction of sp³-hybridized carbons (Fsp3) is 0.357. The smallest absolute Gasteiger partial charge is 0.305 e. The molecule has 0 radical (unpaired) electrons. The fourth-order valence-corrected chi connectivity index (χ4v) is 1.97. The third kappa shape index (κ3) is 3.77. The van der Waals surface area contributed by atoms with Gasteiger partial charge in [0, 0.05) is 25.6 Å². The minimum absolute atomic E-state index is 0.101. The molecule has 1 aromatic rings. The van der Waals surface area contributed by atoms with E-state index in [9.17, 15) is 14.0 Å². The Morgan fingerprint density at radius 3 is 2.95 bits per heavy atom.